The van der Waals surface area contributed by atoms with Crippen LogP contribution in [-0.2, 0) is 10.3 Å². The Morgan fingerprint density at radius 2 is 2.18 bits per heavy atom. The quantitative estimate of drug-likeness (QED) is 0.644. The number of carbonyl (C=O) groups is 1. The number of aliphatic imine (C=N–C) groups is 1. The Balaban J connectivity index is 2.59. The molecule has 17 heavy (non-hydrogen) atoms. The molecule has 0 saturated heterocycles. The molecule has 0 bridgehead atoms. The number of hydrogen-bond acceptors (Lipinski definition) is 3. The molecule has 0 aliphatic heterocycles. The minimum absolute atomic E-state index is 0.0359. The molecule has 1 fully saturated rings. The van der Waals surface area contributed by atoms with Gasteiger partial charge in [-0.15, -0.1) is 0 Å². The van der Waals surface area contributed by atoms with Gasteiger partial charge in [0.25, 0.3) is 0 Å². The van der Waals surface area contributed by atoms with E-state index < -0.39 is 17.3 Å². The molecule has 0 spiro atoms. The van der Waals surface area contributed by atoms with E-state index in [4.69, 9.17) is 5.11 Å². The fraction of sp³-hybridized carbons (Fsp3) is 0.333. The van der Waals surface area contributed by atoms with Crippen LogP contribution in [0.5, 0.6) is 0 Å². The second-order valence-corrected chi connectivity index (χ2v) is 4.19. The molecular formula is C12H10FNO3. The van der Waals surface area contributed by atoms with E-state index >= 15 is 0 Å². The second kappa shape index (κ2) is 3.79. The first-order chi connectivity index (χ1) is 8.00. The molecule has 5 heteroatoms. The zero-order valence-corrected chi connectivity index (χ0v) is 9.16. The highest BCUT2D eigenvalue weighted by Crippen LogP contribution is 2.50. The van der Waals surface area contributed by atoms with Gasteiger partial charge in [-0.1, -0.05) is 0 Å². The van der Waals surface area contributed by atoms with Crippen LogP contribution in [0.1, 0.15) is 34.3 Å². The Morgan fingerprint density at radius 1 is 1.53 bits per heavy atom. The molecule has 1 aliphatic rings. The third kappa shape index (κ3) is 1.85. The number of aromatic carboxylic acids is 1. The van der Waals surface area contributed by atoms with E-state index in [9.17, 15) is 14.0 Å². The van der Waals surface area contributed by atoms with Gasteiger partial charge in [0.2, 0.25) is 6.08 Å². The lowest BCUT2D eigenvalue weighted by atomic mass is 9.98. The molecule has 1 saturated carbocycles. The summed E-state index contributed by atoms with van der Waals surface area (Å²) in [5, 5.41) is 8.97. The van der Waals surface area contributed by atoms with Crippen LogP contribution in [0.3, 0.4) is 0 Å². The number of halogens is 1. The van der Waals surface area contributed by atoms with Crippen LogP contribution in [-0.4, -0.2) is 17.2 Å². The van der Waals surface area contributed by atoms with Crippen molar-refractivity contribution in [3.63, 3.8) is 0 Å². The van der Waals surface area contributed by atoms with Crippen molar-refractivity contribution in [1.82, 2.24) is 0 Å². The van der Waals surface area contributed by atoms with Gasteiger partial charge in [-0.2, -0.15) is 4.99 Å². The predicted octanol–water partition coefficient (Wildman–Crippen LogP) is 2.16. The van der Waals surface area contributed by atoms with E-state index in [1.54, 1.807) is 0 Å². The molecule has 1 aromatic carbocycles. The van der Waals surface area contributed by atoms with Crippen LogP contribution in [0.2, 0.25) is 0 Å². The maximum absolute atomic E-state index is 13.8. The van der Waals surface area contributed by atoms with Crippen molar-refractivity contribution >= 4 is 12.0 Å². The summed E-state index contributed by atoms with van der Waals surface area (Å²) in [7, 11) is 0. The first-order valence-corrected chi connectivity index (χ1v) is 5.13. The van der Waals surface area contributed by atoms with Crippen molar-refractivity contribution < 1.29 is 19.1 Å². The van der Waals surface area contributed by atoms with Gasteiger partial charge in [0.05, 0.1) is 5.56 Å². The van der Waals surface area contributed by atoms with Crippen LogP contribution in [0.25, 0.3) is 0 Å². The van der Waals surface area contributed by atoms with E-state index in [0.29, 0.717) is 18.4 Å². The summed E-state index contributed by atoms with van der Waals surface area (Å²) in [5.74, 6) is -1.64. The van der Waals surface area contributed by atoms with Crippen molar-refractivity contribution in [2.24, 2.45) is 4.99 Å². The number of hydrogen-bond donors (Lipinski definition) is 1. The molecule has 0 amide bonds. The van der Waals surface area contributed by atoms with Gasteiger partial charge >= 0.3 is 5.97 Å². The van der Waals surface area contributed by atoms with Gasteiger partial charge in [-0.25, -0.2) is 14.0 Å². The lowest BCUT2D eigenvalue weighted by molar-refractivity contribution is 0.0696. The van der Waals surface area contributed by atoms with Crippen molar-refractivity contribution in [2.75, 3.05) is 0 Å². The van der Waals surface area contributed by atoms with Gasteiger partial charge < -0.3 is 5.11 Å². The maximum Gasteiger partial charge on any atom is 0.335 e. The maximum atomic E-state index is 13.8. The summed E-state index contributed by atoms with van der Waals surface area (Å²) >= 11 is 0. The largest absolute Gasteiger partial charge is 0.478 e. The molecule has 0 aromatic heterocycles. The van der Waals surface area contributed by atoms with E-state index in [1.165, 1.54) is 25.1 Å². The van der Waals surface area contributed by atoms with Crippen molar-refractivity contribution in [1.29, 1.82) is 0 Å². The molecule has 88 valence electrons. The average Bonchev–Trinajstić information content (AvgIpc) is 2.98. The van der Waals surface area contributed by atoms with Crippen molar-refractivity contribution in [2.45, 2.75) is 25.3 Å². The van der Waals surface area contributed by atoms with Crippen molar-refractivity contribution in [3.8, 4) is 0 Å². The molecule has 0 unspecified atom stereocenters. The van der Waals surface area contributed by atoms with Gasteiger partial charge in [0.1, 0.15) is 11.4 Å². The molecule has 1 N–H and O–H groups in total. The summed E-state index contributed by atoms with van der Waals surface area (Å²) in [4.78, 5) is 24.9. The van der Waals surface area contributed by atoms with Gasteiger partial charge in [-0.3, -0.25) is 0 Å². The zero-order valence-electron chi connectivity index (χ0n) is 9.16. The number of carboxylic acids is 1. The first kappa shape index (κ1) is 11.5. The Kier molecular flexibility index (Phi) is 2.56. The highest BCUT2D eigenvalue weighted by Gasteiger charge is 2.47. The standard InChI is InChI=1S/C12H10FNO3/c1-7-4-10(13)9(5-8(7)11(16)17)12(2-3-12)14-6-15/h4-5H,2-3H2,1H3,(H,16,17). The number of carboxylic acid groups (broad SMARTS) is 1. The number of benzene rings is 1. The zero-order chi connectivity index (χ0) is 12.6. The third-order valence-corrected chi connectivity index (χ3v) is 3.03. The highest BCUT2D eigenvalue weighted by molar-refractivity contribution is 5.89. The van der Waals surface area contributed by atoms with E-state index in [0.717, 1.165) is 0 Å². The number of aryl methyl sites for hydroxylation is 1. The Bertz CT molecular complexity index is 543. The fourth-order valence-corrected chi connectivity index (χ4v) is 1.91. The van der Waals surface area contributed by atoms with Crippen LogP contribution >= 0.6 is 0 Å². The molecule has 2 rings (SSSR count). The van der Waals surface area contributed by atoms with E-state index in [2.05, 4.69) is 4.99 Å². The Labute approximate surface area is 96.8 Å². The number of isocyanates is 1. The smallest absolute Gasteiger partial charge is 0.335 e. The minimum Gasteiger partial charge on any atom is -0.478 e. The van der Waals surface area contributed by atoms with Gasteiger partial charge in [-0.05, 0) is 37.5 Å². The van der Waals surface area contributed by atoms with E-state index in [1.807, 2.05) is 0 Å². The molecule has 1 aliphatic carbocycles. The van der Waals surface area contributed by atoms with Crippen molar-refractivity contribution in [3.05, 3.63) is 34.6 Å². The summed E-state index contributed by atoms with van der Waals surface area (Å²) in [5.41, 5.74) is -0.328. The SMILES string of the molecule is Cc1cc(F)c(C2(N=C=O)CC2)cc1C(=O)O. The summed E-state index contributed by atoms with van der Waals surface area (Å²) < 4.78 is 13.8. The van der Waals surface area contributed by atoms with Gasteiger partial charge in [0, 0.05) is 5.56 Å². The number of nitrogens with zero attached hydrogens (tertiary/aromatic N) is 1. The second-order valence-electron chi connectivity index (χ2n) is 4.19. The average molecular weight is 235 g/mol. The Morgan fingerprint density at radius 3 is 2.65 bits per heavy atom. The summed E-state index contributed by atoms with van der Waals surface area (Å²) in [6, 6.07) is 2.43. The topological polar surface area (TPSA) is 66.7 Å². The minimum atomic E-state index is -1.12. The fourth-order valence-electron chi connectivity index (χ4n) is 1.91. The number of rotatable bonds is 3. The van der Waals surface area contributed by atoms with E-state index in [-0.39, 0.29) is 11.1 Å². The monoisotopic (exact) mass is 235 g/mol. The number of carbonyl (C=O) groups excluding carboxylic acids is 1. The Hall–Kier alpha value is -2.00. The lowest BCUT2D eigenvalue weighted by Crippen LogP contribution is -2.10. The molecule has 4 nitrogen and oxygen atoms in total. The third-order valence-electron chi connectivity index (χ3n) is 3.03. The van der Waals surface area contributed by atoms with Crippen LogP contribution in [0.4, 0.5) is 4.39 Å². The van der Waals surface area contributed by atoms with Gasteiger partial charge in [0.15, 0.2) is 0 Å². The first-order valence-electron chi connectivity index (χ1n) is 5.13. The predicted molar refractivity (Wildman–Crippen MR) is 57.1 cm³/mol. The van der Waals surface area contributed by atoms with Crippen LogP contribution < -0.4 is 0 Å². The lowest BCUT2D eigenvalue weighted by Gasteiger charge is -2.12. The molecule has 0 atom stereocenters. The normalized spacial score (nSPS) is 16.1. The summed E-state index contributed by atoms with van der Waals surface area (Å²) in [6.45, 7) is 1.53. The molecule has 1 aromatic rings. The molecule has 0 radical (unpaired) electrons. The van der Waals surface area contributed by atoms with Crippen LogP contribution in [0, 0.1) is 12.7 Å². The van der Waals surface area contributed by atoms with Crippen LogP contribution in [0.15, 0.2) is 17.1 Å². The highest BCUT2D eigenvalue weighted by atomic mass is 19.1. The summed E-state index contributed by atoms with van der Waals surface area (Å²) in [6.07, 6.45) is 2.51. The molecule has 0 heterocycles. The molecular weight excluding hydrogens is 225 g/mol.